The average Bonchev–Trinajstić information content (AvgIpc) is 2.21. The van der Waals surface area contributed by atoms with E-state index in [0.29, 0.717) is 0 Å². The Labute approximate surface area is 86.0 Å². The molecule has 13 heavy (non-hydrogen) atoms. The van der Waals surface area contributed by atoms with E-state index in [2.05, 4.69) is 35.6 Å². The summed E-state index contributed by atoms with van der Waals surface area (Å²) in [5, 5.41) is 3.38. The van der Waals surface area contributed by atoms with Crippen LogP contribution in [-0.4, -0.2) is 13.1 Å². The first kappa shape index (κ1) is 10.6. The molecule has 0 atom stereocenters. The van der Waals surface area contributed by atoms with Crippen LogP contribution >= 0.6 is 12.4 Å². The van der Waals surface area contributed by atoms with Gasteiger partial charge in [-0.25, -0.2) is 0 Å². The first-order valence-electron chi connectivity index (χ1n) is 4.72. The van der Waals surface area contributed by atoms with Crippen LogP contribution in [0.5, 0.6) is 0 Å². The van der Waals surface area contributed by atoms with Gasteiger partial charge in [-0.2, -0.15) is 0 Å². The first-order chi connectivity index (χ1) is 5.97. The van der Waals surface area contributed by atoms with Gasteiger partial charge in [0.2, 0.25) is 0 Å². The number of hydrogen-bond donors (Lipinski definition) is 1. The molecule has 0 saturated carbocycles. The van der Waals surface area contributed by atoms with Crippen molar-refractivity contribution in [1.82, 2.24) is 5.32 Å². The molecule has 1 aliphatic rings. The lowest BCUT2D eigenvalue weighted by Gasteiger charge is -2.22. The van der Waals surface area contributed by atoms with E-state index in [-0.39, 0.29) is 12.4 Å². The lowest BCUT2D eigenvalue weighted by atomic mass is 9.90. The van der Waals surface area contributed by atoms with Gasteiger partial charge in [0.1, 0.15) is 0 Å². The zero-order valence-electron chi connectivity index (χ0n) is 7.70. The third kappa shape index (κ3) is 2.71. The highest BCUT2D eigenvalue weighted by Gasteiger charge is 2.13. The van der Waals surface area contributed by atoms with E-state index in [1.54, 1.807) is 0 Å². The van der Waals surface area contributed by atoms with E-state index in [9.17, 15) is 0 Å². The van der Waals surface area contributed by atoms with Crippen LogP contribution in [0.3, 0.4) is 0 Å². The van der Waals surface area contributed by atoms with Crippen molar-refractivity contribution in [3.63, 3.8) is 0 Å². The van der Waals surface area contributed by atoms with Crippen LogP contribution in [0.1, 0.15) is 24.3 Å². The van der Waals surface area contributed by atoms with Crippen molar-refractivity contribution >= 4 is 12.4 Å². The normalized spacial score (nSPS) is 17.8. The van der Waals surface area contributed by atoms with Crippen LogP contribution in [0.25, 0.3) is 0 Å². The maximum Gasteiger partial charge on any atom is -0.00431 e. The summed E-state index contributed by atoms with van der Waals surface area (Å²) < 4.78 is 0. The summed E-state index contributed by atoms with van der Waals surface area (Å²) in [7, 11) is 0. The van der Waals surface area contributed by atoms with E-state index < -0.39 is 0 Å². The Morgan fingerprint density at radius 3 is 2.23 bits per heavy atom. The second kappa shape index (κ2) is 5.25. The van der Waals surface area contributed by atoms with Crippen LogP contribution in [0.2, 0.25) is 0 Å². The minimum atomic E-state index is 0. The van der Waals surface area contributed by atoms with Gasteiger partial charge in [0.25, 0.3) is 0 Å². The molecule has 2 rings (SSSR count). The average molecular weight is 198 g/mol. The van der Waals surface area contributed by atoms with Gasteiger partial charge >= 0.3 is 0 Å². The number of nitrogens with one attached hydrogen (secondary N) is 1. The molecule has 0 bridgehead atoms. The fourth-order valence-corrected chi connectivity index (χ4v) is 1.88. The highest BCUT2D eigenvalue weighted by Crippen LogP contribution is 2.24. The summed E-state index contributed by atoms with van der Waals surface area (Å²) >= 11 is 0. The maximum absolute atomic E-state index is 3.38. The second-order valence-corrected chi connectivity index (χ2v) is 3.43. The molecular weight excluding hydrogens is 182 g/mol. The highest BCUT2D eigenvalue weighted by atomic mass is 35.5. The molecule has 1 saturated heterocycles. The fraction of sp³-hybridized carbons (Fsp3) is 0.455. The quantitative estimate of drug-likeness (QED) is 0.730. The number of hydrogen-bond acceptors (Lipinski definition) is 1. The van der Waals surface area contributed by atoms with Crippen LogP contribution in [-0.2, 0) is 0 Å². The van der Waals surface area contributed by atoms with E-state index in [1.165, 1.54) is 31.5 Å². The van der Waals surface area contributed by atoms with Crippen molar-refractivity contribution in [2.75, 3.05) is 13.1 Å². The lowest BCUT2D eigenvalue weighted by molar-refractivity contribution is 0.460. The summed E-state index contributed by atoms with van der Waals surface area (Å²) in [5.41, 5.74) is 1.51. The Morgan fingerprint density at radius 2 is 1.62 bits per heavy atom. The Balaban J connectivity index is 0.000000845. The molecule has 0 aliphatic carbocycles. The molecule has 0 radical (unpaired) electrons. The first-order valence-corrected chi connectivity index (χ1v) is 4.72. The van der Waals surface area contributed by atoms with Gasteiger partial charge in [-0.05, 0) is 37.4 Å². The van der Waals surface area contributed by atoms with Crippen molar-refractivity contribution in [3.05, 3.63) is 35.9 Å². The Morgan fingerprint density at radius 1 is 1.00 bits per heavy atom. The number of halogens is 1. The summed E-state index contributed by atoms with van der Waals surface area (Å²) in [6, 6.07) is 10.9. The summed E-state index contributed by atoms with van der Waals surface area (Å²) in [4.78, 5) is 0. The van der Waals surface area contributed by atoms with Gasteiger partial charge in [-0.3, -0.25) is 0 Å². The smallest absolute Gasteiger partial charge is 0.00431 e. The molecule has 72 valence electrons. The van der Waals surface area contributed by atoms with E-state index in [0.717, 1.165) is 5.92 Å². The lowest BCUT2D eigenvalue weighted by Crippen LogP contribution is -2.26. The molecule has 1 nitrogen and oxygen atoms in total. The molecule has 0 spiro atoms. The van der Waals surface area contributed by atoms with E-state index in [1.807, 2.05) is 0 Å². The van der Waals surface area contributed by atoms with Gasteiger partial charge in [-0.15, -0.1) is 12.4 Å². The predicted molar refractivity (Wildman–Crippen MR) is 58.5 cm³/mol. The largest absolute Gasteiger partial charge is 0.317 e. The Hall–Kier alpha value is -0.530. The van der Waals surface area contributed by atoms with Gasteiger partial charge in [0, 0.05) is 0 Å². The zero-order valence-corrected chi connectivity index (χ0v) is 8.52. The van der Waals surface area contributed by atoms with Gasteiger partial charge in [-0.1, -0.05) is 30.3 Å². The summed E-state index contributed by atoms with van der Waals surface area (Å²) in [6.07, 6.45) is 2.59. The molecule has 1 N–H and O–H groups in total. The zero-order chi connectivity index (χ0) is 8.23. The van der Waals surface area contributed by atoms with Crippen LogP contribution < -0.4 is 5.32 Å². The van der Waals surface area contributed by atoms with E-state index in [4.69, 9.17) is 0 Å². The predicted octanol–water partition coefficient (Wildman–Crippen LogP) is 2.58. The number of rotatable bonds is 1. The Kier molecular flexibility index (Phi) is 4.26. The molecule has 0 amide bonds. The molecule has 1 heterocycles. The molecule has 1 aliphatic heterocycles. The van der Waals surface area contributed by atoms with Crippen molar-refractivity contribution in [2.45, 2.75) is 18.8 Å². The van der Waals surface area contributed by atoms with Crippen LogP contribution in [0.15, 0.2) is 30.3 Å². The van der Waals surface area contributed by atoms with Crippen molar-refractivity contribution in [2.24, 2.45) is 0 Å². The van der Waals surface area contributed by atoms with Gasteiger partial charge in [0.05, 0.1) is 0 Å². The maximum atomic E-state index is 3.38. The van der Waals surface area contributed by atoms with E-state index >= 15 is 0 Å². The molecular formula is C11H16ClN. The van der Waals surface area contributed by atoms with Gasteiger partial charge in [0.15, 0.2) is 0 Å². The van der Waals surface area contributed by atoms with Gasteiger partial charge < -0.3 is 5.32 Å². The topological polar surface area (TPSA) is 12.0 Å². The standard InChI is InChI=1S/C11H15N.ClH/c1-2-4-10(5-3-1)11-6-8-12-9-7-11;/h1-5,11-12H,6-9H2;1H. The third-order valence-electron chi connectivity index (χ3n) is 2.61. The minimum Gasteiger partial charge on any atom is -0.317 e. The summed E-state index contributed by atoms with van der Waals surface area (Å²) in [6.45, 7) is 2.36. The van der Waals surface area contributed by atoms with Crippen LogP contribution in [0.4, 0.5) is 0 Å². The molecule has 1 aromatic rings. The third-order valence-corrected chi connectivity index (χ3v) is 2.61. The number of piperidine rings is 1. The van der Waals surface area contributed by atoms with Crippen molar-refractivity contribution in [1.29, 1.82) is 0 Å². The SMILES string of the molecule is Cl.c1ccc(C2CCNCC2)cc1. The fourth-order valence-electron chi connectivity index (χ4n) is 1.88. The number of benzene rings is 1. The Bertz CT molecular complexity index is 229. The summed E-state index contributed by atoms with van der Waals surface area (Å²) in [5.74, 6) is 0.799. The molecule has 1 fully saturated rings. The molecule has 0 aromatic heterocycles. The molecule has 0 unspecified atom stereocenters. The van der Waals surface area contributed by atoms with Crippen LogP contribution in [0, 0.1) is 0 Å². The highest BCUT2D eigenvalue weighted by molar-refractivity contribution is 5.85. The second-order valence-electron chi connectivity index (χ2n) is 3.43. The molecule has 2 heteroatoms. The monoisotopic (exact) mass is 197 g/mol. The molecule has 1 aromatic carbocycles. The van der Waals surface area contributed by atoms with Crippen molar-refractivity contribution in [3.8, 4) is 0 Å². The van der Waals surface area contributed by atoms with Crippen molar-refractivity contribution < 1.29 is 0 Å². The minimum absolute atomic E-state index is 0.